The van der Waals surface area contributed by atoms with Crippen LogP contribution in [0.5, 0.6) is 0 Å². The first-order valence-electron chi connectivity index (χ1n) is 2.91. The van der Waals surface area contributed by atoms with E-state index in [1.54, 1.807) is 14.1 Å². The first-order chi connectivity index (χ1) is 4.54. The molecule has 0 atom stereocenters. The van der Waals surface area contributed by atoms with E-state index >= 15 is 0 Å². The van der Waals surface area contributed by atoms with Crippen molar-refractivity contribution in [2.24, 2.45) is 0 Å². The van der Waals surface area contributed by atoms with Gasteiger partial charge in [0.05, 0.1) is 0 Å². The fourth-order valence-electron chi connectivity index (χ4n) is 0. The van der Waals surface area contributed by atoms with E-state index in [4.69, 9.17) is 0 Å². The Morgan fingerprint density at radius 1 is 0.769 bits per heavy atom. The number of hydrogen-bond acceptors (Lipinski definition) is 2. The van der Waals surface area contributed by atoms with Crippen molar-refractivity contribution in [2.75, 3.05) is 14.1 Å². The number of carbonyl (C=O) groups excluding carboxylic acids is 2. The summed E-state index contributed by atoms with van der Waals surface area (Å²) < 4.78 is 0. The lowest BCUT2D eigenvalue weighted by molar-refractivity contribution is -0.119. The van der Waals surface area contributed by atoms with Gasteiger partial charge in [-0.05, 0) is 0 Å². The van der Waals surface area contributed by atoms with E-state index in [-0.39, 0.29) is 34.1 Å². The lowest BCUT2D eigenvalue weighted by atomic mass is 10.7. The van der Waals surface area contributed by atoms with Gasteiger partial charge >= 0.3 is 0 Å². The fourth-order valence-corrected chi connectivity index (χ4v) is 0. The maximum absolute atomic E-state index is 9.70. The maximum atomic E-state index is 9.70. The van der Waals surface area contributed by atoms with Crippen molar-refractivity contribution < 1.29 is 9.59 Å². The molecule has 0 unspecified atom stereocenters. The molecule has 0 aliphatic rings. The second kappa shape index (κ2) is 22.4. The monoisotopic (exact) mass is 194 g/mol. The van der Waals surface area contributed by atoms with E-state index < -0.39 is 0 Å². The summed E-state index contributed by atoms with van der Waals surface area (Å²) in [4.78, 5) is 19.4. The molecule has 0 saturated heterocycles. The van der Waals surface area contributed by atoms with Gasteiger partial charge in [0.2, 0.25) is 11.8 Å². The third-order valence-corrected chi connectivity index (χ3v) is 0.704. The molecule has 0 radical (unpaired) electrons. The highest BCUT2D eigenvalue weighted by Gasteiger charge is 1.73. The van der Waals surface area contributed by atoms with Crippen molar-refractivity contribution in [3.8, 4) is 0 Å². The molecule has 0 bridgehead atoms. The van der Waals surface area contributed by atoms with Gasteiger partial charge in [0.15, 0.2) is 0 Å². The number of nitrogens with one attached hydrogen (secondary N) is 2. The van der Waals surface area contributed by atoms with Gasteiger partial charge in [0.1, 0.15) is 0 Å². The van der Waals surface area contributed by atoms with Crippen molar-refractivity contribution >= 4 is 11.8 Å². The normalized spacial score (nSPS) is 5.23. The van der Waals surface area contributed by atoms with Gasteiger partial charge in [-0.15, -0.1) is 0 Å². The van der Waals surface area contributed by atoms with Gasteiger partial charge < -0.3 is 10.6 Å². The number of amides is 2. The Bertz CT molecular complexity index is 100. The summed E-state index contributed by atoms with van der Waals surface area (Å²) in [6.07, 6.45) is 0. The van der Waals surface area contributed by atoms with Crippen LogP contribution in [0.4, 0.5) is 0 Å². The lowest BCUT2D eigenvalue weighted by Crippen LogP contribution is -2.11. The van der Waals surface area contributed by atoms with Gasteiger partial charge in [0, 0.05) is 27.9 Å². The van der Waals surface area contributed by atoms with Crippen molar-refractivity contribution in [1.29, 1.82) is 0 Å². The Morgan fingerprint density at radius 3 is 0.846 bits per heavy atom. The lowest BCUT2D eigenvalue weighted by Gasteiger charge is -1.80. The molecule has 0 fully saturated rings. The molecule has 4 nitrogen and oxygen atoms in total. The third-order valence-electron chi connectivity index (χ3n) is 0.704. The minimum absolute atomic E-state index is 0. The summed E-state index contributed by atoms with van der Waals surface area (Å²) >= 11 is 0. The van der Waals surface area contributed by atoms with Crippen LogP contribution in [0.3, 0.4) is 0 Å². The molecule has 0 spiro atoms. The SMILES string of the molecule is C.C.C.CNC(C)=O.CNC(C)=O. The molecule has 84 valence electrons. The third kappa shape index (κ3) is 101. The smallest absolute Gasteiger partial charge is 0.216 e. The molecule has 0 rings (SSSR count). The molecule has 0 aromatic rings. The topological polar surface area (TPSA) is 58.2 Å². The Balaban J connectivity index is -0.0000000267. The first-order valence-corrected chi connectivity index (χ1v) is 2.91. The molecule has 0 saturated carbocycles. The summed E-state index contributed by atoms with van der Waals surface area (Å²) in [5.41, 5.74) is 0. The molecular formula is C9H26N2O2. The molecule has 13 heavy (non-hydrogen) atoms. The van der Waals surface area contributed by atoms with Gasteiger partial charge in [0.25, 0.3) is 0 Å². The highest BCUT2D eigenvalue weighted by Crippen LogP contribution is 1.45. The second-order valence-corrected chi connectivity index (χ2v) is 1.61. The number of carbonyl (C=O) groups is 2. The molecule has 0 aliphatic carbocycles. The van der Waals surface area contributed by atoms with E-state index in [9.17, 15) is 9.59 Å². The van der Waals surface area contributed by atoms with Crippen molar-refractivity contribution in [1.82, 2.24) is 10.6 Å². The first kappa shape index (κ1) is 29.7. The van der Waals surface area contributed by atoms with Crippen LogP contribution >= 0.6 is 0 Å². The zero-order valence-electron chi connectivity index (χ0n) is 6.82. The number of hydrogen-bond donors (Lipinski definition) is 2. The standard InChI is InChI=1S/2C3H7NO.3CH4/c2*1-3(5)4-2;;;/h2*1-2H3,(H,4,5);3*1H4. The fraction of sp³-hybridized carbons (Fsp3) is 0.778. The predicted molar refractivity (Wildman–Crippen MR) is 59.7 cm³/mol. The highest BCUT2D eigenvalue weighted by atomic mass is 16.1. The van der Waals surface area contributed by atoms with Crippen LogP contribution in [0.25, 0.3) is 0 Å². The summed E-state index contributed by atoms with van der Waals surface area (Å²) in [5, 5.41) is 4.78. The summed E-state index contributed by atoms with van der Waals surface area (Å²) in [7, 11) is 3.20. The van der Waals surface area contributed by atoms with E-state index in [2.05, 4.69) is 10.6 Å². The highest BCUT2D eigenvalue weighted by molar-refractivity contribution is 5.72. The molecule has 2 N–H and O–H groups in total. The average molecular weight is 194 g/mol. The minimum Gasteiger partial charge on any atom is -0.359 e. The molecule has 0 aromatic heterocycles. The molecule has 4 heteroatoms. The Morgan fingerprint density at radius 2 is 0.846 bits per heavy atom. The molecule has 0 heterocycles. The Kier molecular flexibility index (Phi) is 51.2. The van der Waals surface area contributed by atoms with Crippen LogP contribution in [-0.2, 0) is 9.59 Å². The molecule has 2 amide bonds. The van der Waals surface area contributed by atoms with E-state index in [0.717, 1.165) is 0 Å². The summed E-state index contributed by atoms with van der Waals surface area (Å²) in [6.45, 7) is 2.94. The molecule has 0 aliphatic heterocycles. The molecular weight excluding hydrogens is 168 g/mol. The van der Waals surface area contributed by atoms with Crippen LogP contribution in [0.15, 0.2) is 0 Å². The van der Waals surface area contributed by atoms with Gasteiger partial charge in [-0.3, -0.25) is 9.59 Å². The van der Waals surface area contributed by atoms with Crippen LogP contribution in [-0.4, -0.2) is 25.9 Å². The quantitative estimate of drug-likeness (QED) is 0.612. The predicted octanol–water partition coefficient (Wildman–Crippen LogP) is 1.41. The average Bonchev–Trinajstić information content (AvgIpc) is 1.89. The van der Waals surface area contributed by atoms with Crippen LogP contribution < -0.4 is 10.6 Å². The second-order valence-electron chi connectivity index (χ2n) is 1.61. The summed E-state index contributed by atoms with van der Waals surface area (Å²) in [6, 6.07) is 0. The van der Waals surface area contributed by atoms with Crippen LogP contribution in [0, 0.1) is 0 Å². The van der Waals surface area contributed by atoms with Crippen molar-refractivity contribution in [3.63, 3.8) is 0 Å². The van der Waals surface area contributed by atoms with Crippen molar-refractivity contribution in [3.05, 3.63) is 0 Å². The Labute approximate surface area is 83.1 Å². The largest absolute Gasteiger partial charge is 0.359 e. The van der Waals surface area contributed by atoms with Gasteiger partial charge in [-0.2, -0.15) is 0 Å². The van der Waals surface area contributed by atoms with E-state index in [1.165, 1.54) is 13.8 Å². The van der Waals surface area contributed by atoms with E-state index in [0.29, 0.717) is 0 Å². The van der Waals surface area contributed by atoms with Crippen LogP contribution in [0.1, 0.15) is 36.1 Å². The zero-order chi connectivity index (χ0) is 8.57. The maximum Gasteiger partial charge on any atom is 0.216 e. The van der Waals surface area contributed by atoms with Gasteiger partial charge in [-0.25, -0.2) is 0 Å². The zero-order valence-corrected chi connectivity index (χ0v) is 6.82. The Hall–Kier alpha value is -1.06. The van der Waals surface area contributed by atoms with Crippen LogP contribution in [0.2, 0.25) is 0 Å². The van der Waals surface area contributed by atoms with E-state index in [1.807, 2.05) is 0 Å². The molecule has 0 aromatic carbocycles. The van der Waals surface area contributed by atoms with Crippen molar-refractivity contribution in [2.45, 2.75) is 36.1 Å². The minimum atomic E-state index is 0. The van der Waals surface area contributed by atoms with Gasteiger partial charge in [-0.1, -0.05) is 22.3 Å². The number of rotatable bonds is 0. The summed E-state index contributed by atoms with van der Waals surface area (Å²) in [5.74, 6) is 0.00926.